The molecule has 2 atom stereocenters. The topological polar surface area (TPSA) is 115 Å². The van der Waals surface area contributed by atoms with Crippen molar-refractivity contribution in [3.8, 4) is 11.4 Å². The van der Waals surface area contributed by atoms with Crippen molar-refractivity contribution >= 4 is 28.6 Å². The van der Waals surface area contributed by atoms with Gasteiger partial charge in [0.25, 0.3) is 5.91 Å². The quantitative estimate of drug-likeness (QED) is 0.374. The zero-order chi connectivity index (χ0) is 27.4. The average molecular weight is 540 g/mol. The number of hydrogen-bond acceptors (Lipinski definition) is 7. The third-order valence-electron chi connectivity index (χ3n) is 8.07. The van der Waals surface area contributed by atoms with Crippen LogP contribution in [0.1, 0.15) is 40.7 Å². The highest BCUT2D eigenvalue weighted by Crippen LogP contribution is 2.31. The minimum Gasteiger partial charge on any atom is -0.489 e. The lowest BCUT2D eigenvalue weighted by atomic mass is 10.0. The second-order valence-electron chi connectivity index (χ2n) is 10.8. The molecule has 11 heteroatoms. The second kappa shape index (κ2) is 9.60. The van der Waals surface area contributed by atoms with Crippen molar-refractivity contribution in [2.24, 2.45) is 7.05 Å². The lowest BCUT2D eigenvalue weighted by molar-refractivity contribution is -0.136. The largest absolute Gasteiger partial charge is 0.489 e. The molecule has 3 amide bonds. The van der Waals surface area contributed by atoms with Crippen molar-refractivity contribution in [1.29, 1.82) is 0 Å². The molecule has 1 N–H and O–H groups in total. The molecule has 3 aliphatic rings. The number of ether oxygens (including phenoxy) is 1. The summed E-state index contributed by atoms with van der Waals surface area (Å²) in [5.41, 5.74) is 4.63. The molecular formula is C29H29N7O4. The molecule has 0 aliphatic carbocycles. The highest BCUT2D eigenvalue weighted by atomic mass is 16.5. The summed E-state index contributed by atoms with van der Waals surface area (Å²) in [5.74, 6) is -0.145. The number of benzene rings is 2. The van der Waals surface area contributed by atoms with Crippen LogP contribution in [0.15, 0.2) is 55.0 Å². The van der Waals surface area contributed by atoms with Gasteiger partial charge < -0.3 is 9.64 Å². The lowest BCUT2D eigenvalue weighted by Crippen LogP contribution is -2.52. The second-order valence-corrected chi connectivity index (χ2v) is 10.8. The Hall–Kier alpha value is -4.51. The number of nitrogens with one attached hydrogen (secondary N) is 1. The van der Waals surface area contributed by atoms with Gasteiger partial charge in [-0.15, -0.1) is 0 Å². The van der Waals surface area contributed by atoms with Crippen LogP contribution in [0.3, 0.4) is 0 Å². The fourth-order valence-electron chi connectivity index (χ4n) is 5.97. The van der Waals surface area contributed by atoms with E-state index >= 15 is 0 Å². The molecule has 3 aliphatic heterocycles. The van der Waals surface area contributed by atoms with Crippen LogP contribution >= 0.6 is 0 Å². The zero-order valence-corrected chi connectivity index (χ0v) is 22.1. The van der Waals surface area contributed by atoms with E-state index < -0.39 is 11.9 Å². The number of likely N-dealkylation sites (tertiary alicyclic amines) is 1. The fourth-order valence-corrected chi connectivity index (χ4v) is 5.97. The molecule has 5 heterocycles. The van der Waals surface area contributed by atoms with Gasteiger partial charge in [0.15, 0.2) is 0 Å². The number of aryl methyl sites for hydroxylation is 1. The number of rotatable bonds is 6. The first kappa shape index (κ1) is 24.5. The van der Waals surface area contributed by atoms with E-state index in [1.54, 1.807) is 11.0 Å². The molecule has 0 radical (unpaired) electrons. The molecule has 2 fully saturated rings. The monoisotopic (exact) mass is 539 g/mol. The number of nitrogens with zero attached hydrogens (tertiary/aromatic N) is 6. The molecule has 2 saturated heterocycles. The molecule has 4 aromatic rings. The summed E-state index contributed by atoms with van der Waals surface area (Å²) in [6.45, 7) is 2.84. The van der Waals surface area contributed by atoms with E-state index in [9.17, 15) is 14.4 Å². The number of carbonyl (C=O) groups excluding carboxylic acids is 3. The zero-order valence-electron chi connectivity index (χ0n) is 22.1. The van der Waals surface area contributed by atoms with Crippen molar-refractivity contribution in [3.05, 3.63) is 71.7 Å². The van der Waals surface area contributed by atoms with Gasteiger partial charge in [-0.05, 0) is 54.8 Å². The van der Waals surface area contributed by atoms with Gasteiger partial charge in [-0.1, -0.05) is 0 Å². The maximum Gasteiger partial charge on any atom is 0.255 e. The molecule has 204 valence electrons. The van der Waals surface area contributed by atoms with Crippen LogP contribution in [0.4, 0.5) is 0 Å². The van der Waals surface area contributed by atoms with Crippen LogP contribution in [0.2, 0.25) is 0 Å². The molecular weight excluding hydrogens is 510 g/mol. The number of hydrogen-bond donors (Lipinski definition) is 1. The predicted molar refractivity (Wildman–Crippen MR) is 145 cm³/mol. The van der Waals surface area contributed by atoms with Crippen molar-refractivity contribution in [1.82, 2.24) is 34.7 Å². The third-order valence-corrected chi connectivity index (χ3v) is 8.07. The number of amides is 3. The summed E-state index contributed by atoms with van der Waals surface area (Å²) in [6, 6.07) is 11.1. The Morgan fingerprint density at radius 2 is 1.95 bits per heavy atom. The van der Waals surface area contributed by atoms with Gasteiger partial charge in [0.1, 0.15) is 17.9 Å². The summed E-state index contributed by atoms with van der Waals surface area (Å²) in [5, 5.41) is 12.3. The van der Waals surface area contributed by atoms with Crippen LogP contribution in [0.5, 0.6) is 5.75 Å². The van der Waals surface area contributed by atoms with Gasteiger partial charge in [0.05, 0.1) is 23.6 Å². The summed E-state index contributed by atoms with van der Waals surface area (Å²) in [7, 11) is 1.94. The van der Waals surface area contributed by atoms with Gasteiger partial charge in [-0.25, -0.2) is 4.68 Å². The lowest BCUT2D eigenvalue weighted by Gasteiger charge is -2.29. The van der Waals surface area contributed by atoms with Gasteiger partial charge >= 0.3 is 0 Å². The Morgan fingerprint density at radius 3 is 2.83 bits per heavy atom. The highest BCUT2D eigenvalue weighted by Gasteiger charge is 2.39. The van der Waals surface area contributed by atoms with Gasteiger partial charge in [-0.3, -0.25) is 29.3 Å². The number of aromatic nitrogens is 4. The molecule has 2 aromatic carbocycles. The van der Waals surface area contributed by atoms with E-state index in [1.165, 1.54) is 0 Å². The van der Waals surface area contributed by atoms with E-state index in [1.807, 2.05) is 40.9 Å². The predicted octanol–water partition coefficient (Wildman–Crippen LogP) is 2.17. The average Bonchev–Trinajstić information content (AvgIpc) is 3.73. The fraction of sp³-hybridized carbons (Fsp3) is 0.345. The van der Waals surface area contributed by atoms with Crippen molar-refractivity contribution in [3.63, 3.8) is 0 Å². The van der Waals surface area contributed by atoms with E-state index in [4.69, 9.17) is 4.74 Å². The first-order valence-electron chi connectivity index (χ1n) is 13.5. The molecule has 40 heavy (non-hydrogen) atoms. The molecule has 0 saturated carbocycles. The number of fused-ring (bicyclic) bond motifs is 2. The van der Waals surface area contributed by atoms with Crippen LogP contribution in [-0.2, 0) is 29.7 Å². The molecule has 1 unspecified atom stereocenters. The van der Waals surface area contributed by atoms with E-state index in [0.717, 1.165) is 59.5 Å². The van der Waals surface area contributed by atoms with Gasteiger partial charge in [-0.2, -0.15) is 10.2 Å². The van der Waals surface area contributed by atoms with E-state index in [-0.39, 0.29) is 24.3 Å². The normalized spacial score (nSPS) is 21.3. The summed E-state index contributed by atoms with van der Waals surface area (Å²) in [4.78, 5) is 40.7. The Kier molecular flexibility index (Phi) is 5.88. The highest BCUT2D eigenvalue weighted by molar-refractivity contribution is 6.05. The molecule has 2 aromatic heterocycles. The summed E-state index contributed by atoms with van der Waals surface area (Å²) >= 11 is 0. The number of piperidine rings is 1. The Labute approximate surface area is 230 Å². The van der Waals surface area contributed by atoms with Gasteiger partial charge in [0, 0.05) is 62.4 Å². The van der Waals surface area contributed by atoms with Crippen LogP contribution in [0.25, 0.3) is 16.6 Å². The summed E-state index contributed by atoms with van der Waals surface area (Å²) < 4.78 is 10.1. The smallest absolute Gasteiger partial charge is 0.255 e. The van der Waals surface area contributed by atoms with Gasteiger partial charge in [0.2, 0.25) is 11.8 Å². The van der Waals surface area contributed by atoms with E-state index in [2.05, 4.69) is 44.8 Å². The number of imide groups is 1. The summed E-state index contributed by atoms with van der Waals surface area (Å²) in [6.07, 6.45) is 7.38. The molecule has 0 bridgehead atoms. The first-order valence-corrected chi connectivity index (χ1v) is 13.5. The van der Waals surface area contributed by atoms with Crippen LogP contribution in [0, 0.1) is 0 Å². The molecule has 0 spiro atoms. The maximum atomic E-state index is 13.0. The van der Waals surface area contributed by atoms with Crippen molar-refractivity contribution in [2.45, 2.75) is 44.5 Å². The standard InChI is InChI=1S/C29H29N7O4/c1-33-26-11-21(3-2-19(26)13-30-33)36-15-18(12-31-36)14-34-9-8-23(17-34)40-22-4-5-24-20(10-22)16-35(29(24)39)25-6-7-27(37)32-28(25)38/h2-5,10-13,15,23,25H,6-9,14,16-17H2,1H3,(H,32,37,38)/t23-,25?/m0/s1. The van der Waals surface area contributed by atoms with Crippen LogP contribution in [-0.4, -0.2) is 72.3 Å². The van der Waals surface area contributed by atoms with Crippen LogP contribution < -0.4 is 10.1 Å². The number of carbonyl (C=O) groups is 3. The Balaban J connectivity index is 0.969. The SMILES string of the molecule is Cn1ncc2ccc(-n3cc(CN4CC[C@H](Oc5ccc6c(c5)CN(C5CCC(=O)NC5=O)C6=O)C4)cn3)cc21. The Bertz CT molecular complexity index is 1660. The van der Waals surface area contributed by atoms with E-state index in [0.29, 0.717) is 18.5 Å². The van der Waals surface area contributed by atoms with Crippen molar-refractivity contribution < 1.29 is 19.1 Å². The Morgan fingerprint density at radius 1 is 1.05 bits per heavy atom. The minimum absolute atomic E-state index is 0.0451. The third kappa shape index (κ3) is 4.41. The molecule has 7 rings (SSSR count). The minimum atomic E-state index is -0.618. The molecule has 11 nitrogen and oxygen atoms in total. The first-order chi connectivity index (χ1) is 19.4. The van der Waals surface area contributed by atoms with Crippen molar-refractivity contribution in [2.75, 3.05) is 13.1 Å². The maximum absolute atomic E-state index is 13.0.